The normalized spacial score (nSPS) is 22.9. The van der Waals surface area contributed by atoms with E-state index in [1.54, 1.807) is 72.6 Å². The number of nitrogens with zero attached hydrogens (tertiary/aromatic N) is 6. The third-order valence-corrected chi connectivity index (χ3v) is 9.75. The van der Waals surface area contributed by atoms with Crippen molar-refractivity contribution in [1.82, 2.24) is 40.6 Å². The molecule has 14 heteroatoms. The molecule has 3 fully saturated rings. The van der Waals surface area contributed by atoms with Crippen LogP contribution in [0.4, 0.5) is 0 Å². The second kappa shape index (κ2) is 12.7. The molecular formula is C24H28N8O2S4. The summed E-state index contributed by atoms with van der Waals surface area (Å²) in [6.45, 7) is 1.95. The third-order valence-electron chi connectivity index (χ3n) is 6.68. The topological polar surface area (TPSA) is 96.9 Å². The van der Waals surface area contributed by atoms with Crippen molar-refractivity contribution in [2.24, 2.45) is 5.92 Å². The Morgan fingerprint density at radius 2 is 1.39 bits per heavy atom. The van der Waals surface area contributed by atoms with Crippen LogP contribution in [-0.2, 0) is 0 Å². The summed E-state index contributed by atoms with van der Waals surface area (Å²) in [6.07, 6.45) is 9.55. The zero-order valence-electron chi connectivity index (χ0n) is 20.6. The van der Waals surface area contributed by atoms with Crippen LogP contribution in [0.2, 0.25) is 0 Å². The van der Waals surface area contributed by atoms with Crippen LogP contribution in [0.15, 0.2) is 49.1 Å². The van der Waals surface area contributed by atoms with Crippen LogP contribution in [0, 0.1) is 5.92 Å². The highest BCUT2D eigenvalue weighted by Crippen LogP contribution is 2.34. The number of thioether (sulfide) groups is 2. The van der Waals surface area contributed by atoms with Crippen molar-refractivity contribution in [3.05, 3.63) is 60.2 Å². The molecule has 200 valence electrons. The standard InChI is InChI=1S/C24H28N8O2S4/c33-21(18-3-7-25-8-4-18)27-30-13-29(23(35)37-15-30)12-17-1-2-20(11-17)32-14-31(16-38-24(32)36)28-22(34)19-5-9-26-10-6-19/h3-10,17,20H,1-2,11-16H2,(H,27,33)(H,28,34). The highest BCUT2D eigenvalue weighted by Gasteiger charge is 2.36. The number of carbonyl (C=O) groups excluding carboxylic acids is 2. The molecule has 5 rings (SSSR count). The maximum absolute atomic E-state index is 12.6. The smallest absolute Gasteiger partial charge is 0.265 e. The predicted molar refractivity (Wildman–Crippen MR) is 157 cm³/mol. The van der Waals surface area contributed by atoms with E-state index in [0.717, 1.165) is 34.4 Å². The minimum atomic E-state index is -0.154. The number of hydrazine groups is 2. The van der Waals surface area contributed by atoms with Gasteiger partial charge in [0.25, 0.3) is 11.8 Å². The van der Waals surface area contributed by atoms with Crippen LogP contribution in [-0.4, -0.2) is 87.9 Å². The van der Waals surface area contributed by atoms with Gasteiger partial charge in [0.05, 0.1) is 25.1 Å². The number of nitrogens with one attached hydrogen (secondary N) is 2. The minimum absolute atomic E-state index is 0.151. The second-order valence-electron chi connectivity index (χ2n) is 9.32. The number of hydrogen-bond donors (Lipinski definition) is 2. The molecule has 10 nitrogen and oxygen atoms in total. The molecule has 1 saturated carbocycles. The Labute approximate surface area is 240 Å². The molecule has 2 unspecified atom stereocenters. The Morgan fingerprint density at radius 1 is 0.842 bits per heavy atom. The summed E-state index contributed by atoms with van der Waals surface area (Å²) in [5.41, 5.74) is 7.13. The van der Waals surface area contributed by atoms with Crippen molar-refractivity contribution < 1.29 is 9.59 Å². The van der Waals surface area contributed by atoms with E-state index in [1.807, 2.05) is 10.0 Å². The number of carbonyl (C=O) groups is 2. The van der Waals surface area contributed by atoms with E-state index in [9.17, 15) is 9.59 Å². The number of hydrogen-bond acceptors (Lipinski definition) is 10. The molecule has 2 saturated heterocycles. The summed E-state index contributed by atoms with van der Waals surface area (Å²) in [5.74, 6) is 1.38. The average molecular weight is 589 g/mol. The summed E-state index contributed by atoms with van der Waals surface area (Å²) in [7, 11) is 0. The molecule has 38 heavy (non-hydrogen) atoms. The van der Waals surface area contributed by atoms with Gasteiger partial charge in [-0.05, 0) is 49.4 Å². The van der Waals surface area contributed by atoms with Crippen LogP contribution >= 0.6 is 48.0 Å². The molecule has 2 aromatic rings. The van der Waals surface area contributed by atoms with Gasteiger partial charge in [-0.2, -0.15) is 10.0 Å². The Balaban J connectivity index is 1.12. The van der Waals surface area contributed by atoms with Gasteiger partial charge in [0.2, 0.25) is 0 Å². The molecule has 3 aliphatic rings. The van der Waals surface area contributed by atoms with Gasteiger partial charge in [-0.25, -0.2) is 0 Å². The second-order valence-corrected chi connectivity index (χ2v) is 12.5. The van der Waals surface area contributed by atoms with Crippen molar-refractivity contribution in [3.63, 3.8) is 0 Å². The van der Waals surface area contributed by atoms with E-state index in [2.05, 4.69) is 30.6 Å². The first-order valence-electron chi connectivity index (χ1n) is 12.2. The van der Waals surface area contributed by atoms with Crippen LogP contribution in [0.1, 0.15) is 40.0 Å². The molecule has 2 N–H and O–H groups in total. The Kier molecular flexibility index (Phi) is 9.07. The van der Waals surface area contributed by atoms with Gasteiger partial charge in [-0.15, -0.1) is 0 Å². The van der Waals surface area contributed by atoms with Crippen molar-refractivity contribution in [2.45, 2.75) is 25.3 Å². The van der Waals surface area contributed by atoms with Gasteiger partial charge in [0.1, 0.15) is 8.64 Å². The van der Waals surface area contributed by atoms with Crippen LogP contribution in [0.25, 0.3) is 0 Å². The number of pyridine rings is 2. The molecule has 0 spiro atoms. The van der Waals surface area contributed by atoms with Crippen LogP contribution in [0.3, 0.4) is 0 Å². The third kappa shape index (κ3) is 6.79. The van der Waals surface area contributed by atoms with Crippen molar-refractivity contribution >= 4 is 68.4 Å². The molecular weight excluding hydrogens is 561 g/mol. The SMILES string of the molecule is O=C(NN1CSC(=S)N(CC2CCC(N3CN(NC(=O)c4ccncc4)CSC3=S)C2)C1)c1ccncc1. The zero-order chi connectivity index (χ0) is 26.5. The maximum Gasteiger partial charge on any atom is 0.265 e. The molecule has 2 atom stereocenters. The Hall–Kier alpha value is -2.36. The fourth-order valence-corrected chi connectivity index (χ4v) is 6.96. The lowest BCUT2D eigenvalue weighted by atomic mass is 10.1. The molecule has 0 aromatic carbocycles. The van der Waals surface area contributed by atoms with E-state index in [1.165, 1.54) is 0 Å². The van der Waals surface area contributed by atoms with Gasteiger partial charge in [-0.3, -0.25) is 30.4 Å². The van der Waals surface area contributed by atoms with E-state index in [-0.39, 0.29) is 11.8 Å². The number of thiocarbonyl (C=S) groups is 2. The minimum Gasteiger partial charge on any atom is -0.342 e. The summed E-state index contributed by atoms with van der Waals surface area (Å²) in [4.78, 5) is 37.5. The van der Waals surface area contributed by atoms with E-state index < -0.39 is 0 Å². The number of rotatable bonds is 7. The lowest BCUT2D eigenvalue weighted by Gasteiger charge is -2.40. The Morgan fingerprint density at radius 3 is 2.00 bits per heavy atom. The predicted octanol–water partition coefficient (Wildman–Crippen LogP) is 2.74. The van der Waals surface area contributed by atoms with E-state index in [4.69, 9.17) is 24.4 Å². The van der Waals surface area contributed by atoms with E-state index in [0.29, 0.717) is 48.2 Å². The highest BCUT2D eigenvalue weighted by molar-refractivity contribution is 8.23. The zero-order valence-corrected chi connectivity index (χ0v) is 23.8. The molecule has 2 amide bonds. The average Bonchev–Trinajstić information content (AvgIpc) is 3.41. The molecule has 1 aliphatic carbocycles. The molecule has 0 bridgehead atoms. The van der Waals surface area contributed by atoms with Crippen LogP contribution in [0.5, 0.6) is 0 Å². The summed E-state index contributed by atoms with van der Waals surface area (Å²) in [5, 5.41) is 3.81. The largest absolute Gasteiger partial charge is 0.342 e. The van der Waals surface area contributed by atoms with E-state index >= 15 is 0 Å². The fraction of sp³-hybridized carbons (Fsp3) is 0.417. The van der Waals surface area contributed by atoms with Crippen LogP contribution < -0.4 is 10.9 Å². The fourth-order valence-electron chi connectivity index (χ4n) is 4.79. The maximum atomic E-state index is 12.6. The van der Waals surface area contributed by atoms with Crippen molar-refractivity contribution in [2.75, 3.05) is 31.6 Å². The van der Waals surface area contributed by atoms with Gasteiger partial charge < -0.3 is 9.80 Å². The Bertz CT molecular complexity index is 1170. The lowest BCUT2D eigenvalue weighted by Crippen LogP contribution is -2.55. The number of amides is 2. The lowest BCUT2D eigenvalue weighted by molar-refractivity contribution is 0.0703. The molecule has 0 radical (unpaired) electrons. The van der Waals surface area contributed by atoms with Gasteiger partial charge in [-0.1, -0.05) is 48.0 Å². The monoisotopic (exact) mass is 588 g/mol. The summed E-state index contributed by atoms with van der Waals surface area (Å²) < 4.78 is 1.73. The van der Waals surface area contributed by atoms with Gasteiger partial charge in [0.15, 0.2) is 0 Å². The molecule has 2 aliphatic heterocycles. The highest BCUT2D eigenvalue weighted by atomic mass is 32.2. The van der Waals surface area contributed by atoms with Gasteiger partial charge in [0, 0.05) is 48.5 Å². The molecule has 2 aromatic heterocycles. The quantitative estimate of drug-likeness (QED) is 0.466. The first kappa shape index (κ1) is 27.2. The number of aromatic nitrogens is 2. The van der Waals surface area contributed by atoms with Crippen molar-refractivity contribution in [1.29, 1.82) is 0 Å². The summed E-state index contributed by atoms with van der Waals surface area (Å²) >= 11 is 14.5. The van der Waals surface area contributed by atoms with Crippen molar-refractivity contribution in [3.8, 4) is 0 Å². The summed E-state index contributed by atoms with van der Waals surface area (Å²) in [6, 6.07) is 7.11. The molecule has 4 heterocycles. The first-order chi connectivity index (χ1) is 18.5. The van der Waals surface area contributed by atoms with Gasteiger partial charge >= 0.3 is 0 Å². The first-order valence-corrected chi connectivity index (χ1v) is 15.0.